The number of nitrogens with one attached hydrogen (secondary N) is 1. The number of fused-ring (bicyclic) bond motifs is 1. The Morgan fingerprint density at radius 3 is 2.59 bits per heavy atom. The number of carbonyl (C=O) groups excluding carboxylic acids is 3. The fourth-order valence-electron chi connectivity index (χ4n) is 3.51. The van der Waals surface area contributed by atoms with Crippen molar-refractivity contribution in [2.24, 2.45) is 0 Å². The average Bonchev–Trinajstić information content (AvgIpc) is 3.07. The van der Waals surface area contributed by atoms with Crippen LogP contribution in [0.5, 0.6) is 0 Å². The SMILES string of the molecule is O=C1Cc2cc(CC(=O)N3CCN(C(=O)c4cccnc4)CC3)ccc2N1. The average molecular weight is 364 g/mol. The number of aromatic nitrogens is 1. The molecular formula is C20H20N4O3. The second-order valence-electron chi connectivity index (χ2n) is 6.81. The summed E-state index contributed by atoms with van der Waals surface area (Å²) in [4.78, 5) is 44.0. The fourth-order valence-corrected chi connectivity index (χ4v) is 3.51. The van der Waals surface area contributed by atoms with Crippen LogP contribution in [0, 0.1) is 0 Å². The molecule has 1 saturated heterocycles. The van der Waals surface area contributed by atoms with Gasteiger partial charge in [0.25, 0.3) is 5.91 Å². The first-order valence-electron chi connectivity index (χ1n) is 8.99. The van der Waals surface area contributed by atoms with Gasteiger partial charge in [-0.2, -0.15) is 0 Å². The molecule has 2 aliphatic heterocycles. The molecule has 4 rings (SSSR count). The molecule has 0 aliphatic carbocycles. The summed E-state index contributed by atoms with van der Waals surface area (Å²) < 4.78 is 0. The van der Waals surface area contributed by atoms with Crippen molar-refractivity contribution in [1.29, 1.82) is 0 Å². The van der Waals surface area contributed by atoms with Crippen molar-refractivity contribution in [3.63, 3.8) is 0 Å². The predicted molar refractivity (Wildman–Crippen MR) is 99.2 cm³/mol. The molecule has 0 atom stereocenters. The molecule has 0 unspecified atom stereocenters. The van der Waals surface area contributed by atoms with Gasteiger partial charge in [-0.15, -0.1) is 0 Å². The van der Waals surface area contributed by atoms with Crippen molar-refractivity contribution in [3.8, 4) is 0 Å². The number of rotatable bonds is 3. The summed E-state index contributed by atoms with van der Waals surface area (Å²) in [6.45, 7) is 2.08. The Balaban J connectivity index is 1.33. The third kappa shape index (κ3) is 3.67. The van der Waals surface area contributed by atoms with E-state index >= 15 is 0 Å². The highest BCUT2D eigenvalue weighted by molar-refractivity contribution is 5.99. The van der Waals surface area contributed by atoms with E-state index in [-0.39, 0.29) is 17.7 Å². The van der Waals surface area contributed by atoms with Crippen LogP contribution in [-0.2, 0) is 22.4 Å². The van der Waals surface area contributed by atoms with E-state index < -0.39 is 0 Å². The summed E-state index contributed by atoms with van der Waals surface area (Å²) in [5, 5.41) is 2.79. The fraction of sp³-hybridized carbons (Fsp3) is 0.300. The molecule has 1 fully saturated rings. The Hall–Kier alpha value is -3.22. The Kier molecular flexibility index (Phi) is 4.58. The van der Waals surface area contributed by atoms with Crippen LogP contribution in [0.3, 0.4) is 0 Å². The zero-order valence-corrected chi connectivity index (χ0v) is 14.9. The standard InChI is InChI=1S/C20H20N4O3/c25-18-12-16-10-14(3-4-17(16)22-18)11-19(26)23-6-8-24(9-7-23)20(27)15-2-1-5-21-13-15/h1-5,10,13H,6-9,11-12H2,(H,22,25). The van der Waals surface area contributed by atoms with Crippen molar-refractivity contribution in [2.75, 3.05) is 31.5 Å². The van der Waals surface area contributed by atoms with Crippen molar-refractivity contribution in [3.05, 3.63) is 59.4 Å². The maximum Gasteiger partial charge on any atom is 0.255 e. The number of anilines is 1. The van der Waals surface area contributed by atoms with Crippen LogP contribution in [0.15, 0.2) is 42.7 Å². The van der Waals surface area contributed by atoms with Gasteiger partial charge in [0.05, 0.1) is 18.4 Å². The quantitative estimate of drug-likeness (QED) is 0.884. The first-order valence-corrected chi connectivity index (χ1v) is 8.99. The number of pyridine rings is 1. The molecule has 0 radical (unpaired) electrons. The van der Waals surface area contributed by atoms with Crippen LogP contribution in [0.1, 0.15) is 21.5 Å². The van der Waals surface area contributed by atoms with Crippen LogP contribution in [-0.4, -0.2) is 58.7 Å². The normalized spacial score (nSPS) is 16.1. The molecule has 2 aromatic rings. The van der Waals surface area contributed by atoms with E-state index in [4.69, 9.17) is 0 Å². The molecule has 138 valence electrons. The van der Waals surface area contributed by atoms with Crippen molar-refractivity contribution >= 4 is 23.4 Å². The van der Waals surface area contributed by atoms with Crippen LogP contribution in [0.4, 0.5) is 5.69 Å². The molecule has 1 aromatic carbocycles. The van der Waals surface area contributed by atoms with Crippen LogP contribution in [0.2, 0.25) is 0 Å². The Morgan fingerprint density at radius 1 is 1.07 bits per heavy atom. The Labute approximate surface area is 157 Å². The topological polar surface area (TPSA) is 82.6 Å². The second kappa shape index (κ2) is 7.19. The summed E-state index contributed by atoms with van der Waals surface area (Å²) in [5.41, 5.74) is 3.25. The molecular weight excluding hydrogens is 344 g/mol. The number of piperazine rings is 1. The minimum Gasteiger partial charge on any atom is -0.339 e. The van der Waals surface area contributed by atoms with Crippen molar-refractivity contribution in [1.82, 2.24) is 14.8 Å². The molecule has 2 aliphatic rings. The lowest BCUT2D eigenvalue weighted by Crippen LogP contribution is -2.51. The van der Waals surface area contributed by atoms with Gasteiger partial charge in [0, 0.05) is 44.3 Å². The number of hydrogen-bond donors (Lipinski definition) is 1. The molecule has 0 bridgehead atoms. The molecule has 3 amide bonds. The van der Waals surface area contributed by atoms with Gasteiger partial charge in [-0.3, -0.25) is 19.4 Å². The number of nitrogens with zero attached hydrogens (tertiary/aromatic N) is 3. The summed E-state index contributed by atoms with van der Waals surface area (Å²) in [5.74, 6) is -0.0189. The van der Waals surface area contributed by atoms with E-state index in [0.29, 0.717) is 44.6 Å². The van der Waals surface area contributed by atoms with Gasteiger partial charge < -0.3 is 15.1 Å². The van der Waals surface area contributed by atoms with Gasteiger partial charge in [0.15, 0.2) is 0 Å². The van der Waals surface area contributed by atoms with Gasteiger partial charge in [-0.1, -0.05) is 12.1 Å². The molecule has 7 heteroatoms. The van der Waals surface area contributed by atoms with Gasteiger partial charge in [-0.25, -0.2) is 0 Å². The monoisotopic (exact) mass is 364 g/mol. The lowest BCUT2D eigenvalue weighted by atomic mass is 10.1. The van der Waals surface area contributed by atoms with Gasteiger partial charge in [0.1, 0.15) is 0 Å². The van der Waals surface area contributed by atoms with Gasteiger partial charge >= 0.3 is 0 Å². The highest BCUT2D eigenvalue weighted by Crippen LogP contribution is 2.24. The molecule has 1 aromatic heterocycles. The summed E-state index contributed by atoms with van der Waals surface area (Å²) in [7, 11) is 0. The van der Waals surface area contributed by atoms with Gasteiger partial charge in [-0.05, 0) is 29.3 Å². The highest BCUT2D eigenvalue weighted by Gasteiger charge is 2.25. The number of amides is 3. The van der Waals surface area contributed by atoms with Crippen molar-refractivity contribution < 1.29 is 14.4 Å². The maximum atomic E-state index is 12.6. The lowest BCUT2D eigenvalue weighted by molar-refractivity contribution is -0.131. The molecule has 27 heavy (non-hydrogen) atoms. The van der Waals surface area contributed by atoms with E-state index in [9.17, 15) is 14.4 Å². The van der Waals surface area contributed by atoms with E-state index in [1.807, 2.05) is 18.2 Å². The van der Waals surface area contributed by atoms with Crippen LogP contribution in [0.25, 0.3) is 0 Å². The zero-order chi connectivity index (χ0) is 18.8. The molecule has 0 spiro atoms. The zero-order valence-electron chi connectivity index (χ0n) is 14.9. The molecule has 3 heterocycles. The van der Waals surface area contributed by atoms with E-state index in [2.05, 4.69) is 10.3 Å². The minimum absolute atomic E-state index is 0.0112. The van der Waals surface area contributed by atoms with Crippen LogP contribution < -0.4 is 5.32 Å². The Morgan fingerprint density at radius 2 is 1.85 bits per heavy atom. The largest absolute Gasteiger partial charge is 0.339 e. The first kappa shape index (κ1) is 17.2. The third-order valence-corrected chi connectivity index (χ3v) is 4.98. The smallest absolute Gasteiger partial charge is 0.255 e. The minimum atomic E-state index is -0.0500. The molecule has 7 nitrogen and oxygen atoms in total. The summed E-state index contributed by atoms with van der Waals surface area (Å²) in [6.07, 6.45) is 3.87. The van der Waals surface area contributed by atoms with E-state index in [1.165, 1.54) is 0 Å². The maximum absolute atomic E-state index is 12.6. The third-order valence-electron chi connectivity index (χ3n) is 4.98. The lowest BCUT2D eigenvalue weighted by Gasteiger charge is -2.34. The number of benzene rings is 1. The number of hydrogen-bond acceptors (Lipinski definition) is 4. The summed E-state index contributed by atoms with van der Waals surface area (Å²) in [6, 6.07) is 9.15. The van der Waals surface area contributed by atoms with Gasteiger partial charge in [0.2, 0.25) is 11.8 Å². The predicted octanol–water partition coefficient (Wildman–Crippen LogP) is 1.10. The number of carbonyl (C=O) groups is 3. The van der Waals surface area contributed by atoms with Crippen LogP contribution >= 0.6 is 0 Å². The second-order valence-corrected chi connectivity index (χ2v) is 6.81. The molecule has 0 saturated carbocycles. The molecule has 1 N–H and O–H groups in total. The highest BCUT2D eigenvalue weighted by atomic mass is 16.2. The summed E-state index contributed by atoms with van der Waals surface area (Å²) >= 11 is 0. The first-order chi connectivity index (χ1) is 13.1. The van der Waals surface area contributed by atoms with Crippen molar-refractivity contribution in [2.45, 2.75) is 12.8 Å². The van der Waals surface area contributed by atoms with E-state index in [0.717, 1.165) is 16.8 Å². The Bertz CT molecular complexity index is 889. The van der Waals surface area contributed by atoms with E-state index in [1.54, 1.807) is 34.3 Å².